The fraction of sp³-hybridized carbons (Fsp3) is 0.421. The van der Waals surface area contributed by atoms with E-state index in [4.69, 9.17) is 69.6 Å². The minimum Gasteiger partial charge on any atom is -0.465 e. The SMILES string of the molecule is CCOC(=O)CNCC(=O)OCC.ClC(Cl)(Cl)c1nc(-c2cccc(Br)c2)nc(C(Cl)(Cl)Cl)n1. The number of carbonyl (C=O) groups excluding carboxylic acids is 2. The maximum absolute atomic E-state index is 10.7. The van der Waals surface area contributed by atoms with Gasteiger partial charge in [0.05, 0.1) is 26.3 Å². The van der Waals surface area contributed by atoms with E-state index in [0.29, 0.717) is 18.8 Å². The monoisotopic (exact) mass is 656 g/mol. The van der Waals surface area contributed by atoms with Gasteiger partial charge in [-0.05, 0) is 26.0 Å². The Morgan fingerprint density at radius 1 is 0.882 bits per heavy atom. The van der Waals surface area contributed by atoms with Crippen molar-refractivity contribution in [3.8, 4) is 11.4 Å². The standard InChI is InChI=1S/C11H4BrCl6N3.C8H15NO4/c12-6-3-1-2-5(4-6)7-19-8(10(13,14)15)21-9(20-7)11(16,17)18;1-3-12-7(10)5-9-6-8(11)13-4-2/h1-4H;9H,3-6H2,1-2H3. The van der Waals surface area contributed by atoms with Crippen LogP contribution in [0.3, 0.4) is 0 Å². The summed E-state index contributed by atoms with van der Waals surface area (Å²) in [6.07, 6.45) is 0. The zero-order valence-corrected chi connectivity index (χ0v) is 23.9. The number of carbonyl (C=O) groups is 2. The van der Waals surface area contributed by atoms with Gasteiger partial charge in [0.25, 0.3) is 0 Å². The van der Waals surface area contributed by atoms with E-state index in [9.17, 15) is 9.59 Å². The second-order valence-corrected chi connectivity index (χ2v) is 11.5. The molecule has 8 nitrogen and oxygen atoms in total. The Hall–Kier alpha value is -0.650. The van der Waals surface area contributed by atoms with Crippen LogP contribution < -0.4 is 5.32 Å². The molecule has 0 atom stereocenters. The summed E-state index contributed by atoms with van der Waals surface area (Å²) in [5.41, 5.74) is 0.651. The Labute approximate surface area is 235 Å². The number of rotatable bonds is 7. The Balaban J connectivity index is 0.000000385. The normalized spacial score (nSPS) is 11.3. The Morgan fingerprint density at radius 3 is 1.74 bits per heavy atom. The predicted molar refractivity (Wildman–Crippen MR) is 138 cm³/mol. The number of hydrogen-bond acceptors (Lipinski definition) is 8. The molecule has 15 heteroatoms. The van der Waals surface area contributed by atoms with Gasteiger partial charge >= 0.3 is 11.9 Å². The highest BCUT2D eigenvalue weighted by molar-refractivity contribution is 9.10. The fourth-order valence-corrected chi connectivity index (χ4v) is 2.98. The van der Waals surface area contributed by atoms with Gasteiger partial charge in [0.1, 0.15) is 0 Å². The summed E-state index contributed by atoms with van der Waals surface area (Å²) in [6, 6.07) is 7.19. The number of halogens is 7. The molecule has 1 heterocycles. The van der Waals surface area contributed by atoms with Crippen LogP contribution >= 0.6 is 85.5 Å². The van der Waals surface area contributed by atoms with Gasteiger partial charge in [0.15, 0.2) is 17.5 Å². The molecule has 2 aromatic rings. The molecule has 0 saturated carbocycles. The van der Waals surface area contributed by atoms with E-state index in [2.05, 4.69) is 45.7 Å². The molecule has 0 amide bonds. The molecule has 1 N–H and O–H groups in total. The Morgan fingerprint density at radius 2 is 1.35 bits per heavy atom. The highest BCUT2D eigenvalue weighted by atomic mass is 79.9. The highest BCUT2D eigenvalue weighted by Gasteiger charge is 2.34. The molecule has 0 radical (unpaired) electrons. The molecule has 34 heavy (non-hydrogen) atoms. The molecule has 0 aliphatic heterocycles. The van der Waals surface area contributed by atoms with E-state index >= 15 is 0 Å². The van der Waals surface area contributed by atoms with E-state index < -0.39 is 7.59 Å². The fourth-order valence-electron chi connectivity index (χ4n) is 2.08. The van der Waals surface area contributed by atoms with Gasteiger partial charge in [-0.25, -0.2) is 15.0 Å². The Bertz CT molecular complexity index is 922. The van der Waals surface area contributed by atoms with Crippen molar-refractivity contribution in [2.24, 2.45) is 0 Å². The van der Waals surface area contributed by atoms with Crippen LogP contribution in [0.1, 0.15) is 25.5 Å². The molecule has 0 bridgehead atoms. The van der Waals surface area contributed by atoms with Crippen molar-refractivity contribution in [1.82, 2.24) is 20.3 Å². The van der Waals surface area contributed by atoms with Crippen molar-refractivity contribution in [3.63, 3.8) is 0 Å². The first-order chi connectivity index (χ1) is 15.8. The van der Waals surface area contributed by atoms with Crippen molar-refractivity contribution in [2.45, 2.75) is 21.4 Å². The lowest BCUT2D eigenvalue weighted by molar-refractivity contribution is -0.143. The van der Waals surface area contributed by atoms with Gasteiger partial charge in [-0.15, -0.1) is 0 Å². The summed E-state index contributed by atoms with van der Waals surface area (Å²) in [7, 11) is 0. The third-order valence-electron chi connectivity index (χ3n) is 3.37. The molecule has 1 aromatic heterocycles. The second kappa shape index (κ2) is 14.8. The number of nitrogens with zero attached hydrogens (tertiary/aromatic N) is 3. The summed E-state index contributed by atoms with van der Waals surface area (Å²) >= 11 is 38.2. The van der Waals surface area contributed by atoms with Crippen molar-refractivity contribution in [2.75, 3.05) is 26.3 Å². The first kappa shape index (κ1) is 31.4. The van der Waals surface area contributed by atoms with Crippen LogP contribution in [-0.2, 0) is 26.6 Å². The lowest BCUT2D eigenvalue weighted by atomic mass is 10.2. The number of benzene rings is 1. The first-order valence-electron chi connectivity index (χ1n) is 9.46. The number of esters is 2. The Kier molecular flexibility index (Phi) is 13.7. The van der Waals surface area contributed by atoms with Crippen LogP contribution in [0.15, 0.2) is 28.7 Å². The largest absolute Gasteiger partial charge is 0.465 e. The van der Waals surface area contributed by atoms with Crippen molar-refractivity contribution in [1.29, 1.82) is 0 Å². The molecule has 1 aromatic carbocycles. The molecular formula is C19H19BrCl6N4O4. The van der Waals surface area contributed by atoms with Crippen LogP contribution in [0.2, 0.25) is 0 Å². The summed E-state index contributed by atoms with van der Waals surface area (Å²) in [5.74, 6) is -0.759. The van der Waals surface area contributed by atoms with Gasteiger partial charge < -0.3 is 9.47 Å². The number of alkyl halides is 6. The number of ether oxygens (including phenoxy) is 2. The van der Waals surface area contributed by atoms with Crippen molar-refractivity contribution in [3.05, 3.63) is 40.4 Å². The summed E-state index contributed by atoms with van der Waals surface area (Å²) < 4.78 is 6.35. The van der Waals surface area contributed by atoms with Gasteiger partial charge in [-0.1, -0.05) is 97.7 Å². The number of nitrogens with one attached hydrogen (secondary N) is 1. The predicted octanol–water partition coefficient (Wildman–Crippen LogP) is 5.66. The molecule has 0 aliphatic rings. The molecule has 0 fully saturated rings. The van der Waals surface area contributed by atoms with Gasteiger partial charge in [0.2, 0.25) is 7.59 Å². The second-order valence-electron chi connectivity index (χ2n) is 6.03. The quantitative estimate of drug-likeness (QED) is 0.300. The van der Waals surface area contributed by atoms with Crippen LogP contribution in [0.5, 0.6) is 0 Å². The van der Waals surface area contributed by atoms with Crippen LogP contribution in [0, 0.1) is 0 Å². The number of hydrogen-bond donors (Lipinski definition) is 1. The van der Waals surface area contributed by atoms with Crippen LogP contribution in [0.25, 0.3) is 11.4 Å². The topological polar surface area (TPSA) is 103 Å². The third-order valence-corrected chi connectivity index (χ3v) is 4.88. The van der Waals surface area contributed by atoms with E-state index in [1.54, 1.807) is 32.0 Å². The molecule has 2 rings (SSSR count). The van der Waals surface area contributed by atoms with Gasteiger partial charge in [-0.2, -0.15) is 0 Å². The van der Waals surface area contributed by atoms with Crippen molar-refractivity contribution < 1.29 is 19.1 Å². The van der Waals surface area contributed by atoms with E-state index in [0.717, 1.165) is 4.47 Å². The molecule has 0 unspecified atom stereocenters. The van der Waals surface area contributed by atoms with E-state index in [1.807, 2.05) is 6.07 Å². The number of aromatic nitrogens is 3. The first-order valence-corrected chi connectivity index (χ1v) is 12.5. The highest BCUT2D eigenvalue weighted by Crippen LogP contribution is 2.40. The summed E-state index contributed by atoms with van der Waals surface area (Å²) in [5, 5.41) is 2.61. The minimum atomic E-state index is -1.87. The van der Waals surface area contributed by atoms with Crippen LogP contribution in [-0.4, -0.2) is 53.2 Å². The molecule has 188 valence electrons. The molecule has 0 spiro atoms. The van der Waals surface area contributed by atoms with Gasteiger partial charge in [0, 0.05) is 10.0 Å². The maximum atomic E-state index is 10.7. The minimum absolute atomic E-state index is 0.0344. The van der Waals surface area contributed by atoms with Gasteiger partial charge in [-0.3, -0.25) is 14.9 Å². The zero-order valence-electron chi connectivity index (χ0n) is 17.8. The van der Waals surface area contributed by atoms with E-state index in [-0.39, 0.29) is 42.5 Å². The zero-order chi connectivity index (χ0) is 25.9. The molecular weight excluding hydrogens is 641 g/mol. The summed E-state index contributed by atoms with van der Waals surface area (Å²) in [6.45, 7) is 4.21. The van der Waals surface area contributed by atoms with Crippen LogP contribution in [0.4, 0.5) is 0 Å². The average molecular weight is 660 g/mol. The van der Waals surface area contributed by atoms with Crippen molar-refractivity contribution >= 4 is 97.5 Å². The summed E-state index contributed by atoms with van der Waals surface area (Å²) in [4.78, 5) is 33.6. The van der Waals surface area contributed by atoms with E-state index in [1.165, 1.54) is 0 Å². The average Bonchev–Trinajstić information content (AvgIpc) is 2.73. The lowest BCUT2D eigenvalue weighted by Crippen LogP contribution is -2.30. The third kappa shape index (κ3) is 11.9. The molecule has 0 saturated heterocycles. The molecule has 0 aliphatic carbocycles. The smallest absolute Gasteiger partial charge is 0.319 e. The maximum Gasteiger partial charge on any atom is 0.319 e. The lowest BCUT2D eigenvalue weighted by Gasteiger charge is -2.15.